The van der Waals surface area contributed by atoms with Crippen molar-refractivity contribution in [2.45, 2.75) is 25.8 Å². The van der Waals surface area contributed by atoms with Gasteiger partial charge in [-0.1, -0.05) is 6.92 Å². The Balaban J connectivity index is 2.53. The highest BCUT2D eigenvalue weighted by Crippen LogP contribution is 2.12. The van der Waals surface area contributed by atoms with Gasteiger partial charge in [-0.25, -0.2) is 0 Å². The van der Waals surface area contributed by atoms with Crippen LogP contribution in [-0.4, -0.2) is 24.7 Å². The SMILES string of the molecule is CCC1(C)COCC(=O)N1. The number of carbonyl (C=O) groups excluding carboxylic acids is 1. The molecule has 0 aromatic carbocycles. The molecule has 3 heteroatoms. The van der Waals surface area contributed by atoms with Crippen LogP contribution in [0, 0.1) is 0 Å². The summed E-state index contributed by atoms with van der Waals surface area (Å²) < 4.78 is 5.08. The first-order chi connectivity index (χ1) is 4.66. The van der Waals surface area contributed by atoms with Gasteiger partial charge in [0.15, 0.2) is 0 Å². The third-order valence-corrected chi connectivity index (χ3v) is 1.88. The van der Waals surface area contributed by atoms with E-state index in [0.717, 1.165) is 6.42 Å². The van der Waals surface area contributed by atoms with Gasteiger partial charge in [0, 0.05) is 0 Å². The second kappa shape index (κ2) is 2.58. The average molecular weight is 143 g/mol. The Labute approximate surface area is 60.7 Å². The van der Waals surface area contributed by atoms with E-state index < -0.39 is 0 Å². The summed E-state index contributed by atoms with van der Waals surface area (Å²) in [5.74, 6) is -0.00407. The number of hydrogen-bond acceptors (Lipinski definition) is 2. The maximum absolute atomic E-state index is 10.8. The molecular formula is C7H13NO2. The van der Waals surface area contributed by atoms with Gasteiger partial charge in [0.1, 0.15) is 6.61 Å². The normalized spacial score (nSPS) is 33.6. The van der Waals surface area contributed by atoms with Crippen LogP contribution in [0.1, 0.15) is 20.3 Å². The van der Waals surface area contributed by atoms with Gasteiger partial charge >= 0.3 is 0 Å². The van der Waals surface area contributed by atoms with Crippen molar-refractivity contribution in [2.24, 2.45) is 0 Å². The van der Waals surface area contributed by atoms with Gasteiger partial charge in [0.05, 0.1) is 12.1 Å². The molecule has 0 saturated carbocycles. The Bertz CT molecular complexity index is 147. The highest BCUT2D eigenvalue weighted by Gasteiger charge is 2.28. The summed E-state index contributed by atoms with van der Waals surface area (Å²) in [5, 5.41) is 2.88. The number of hydrogen-bond donors (Lipinski definition) is 1. The van der Waals surface area contributed by atoms with Crippen molar-refractivity contribution in [3.8, 4) is 0 Å². The molecule has 1 unspecified atom stereocenters. The van der Waals surface area contributed by atoms with Crippen LogP contribution in [0.4, 0.5) is 0 Å². The fourth-order valence-corrected chi connectivity index (χ4v) is 0.968. The Morgan fingerprint density at radius 3 is 2.90 bits per heavy atom. The van der Waals surface area contributed by atoms with E-state index in [2.05, 4.69) is 5.32 Å². The van der Waals surface area contributed by atoms with Gasteiger partial charge in [-0.2, -0.15) is 0 Å². The lowest BCUT2D eigenvalue weighted by Gasteiger charge is -2.33. The van der Waals surface area contributed by atoms with Gasteiger partial charge in [-0.05, 0) is 13.3 Å². The predicted molar refractivity (Wildman–Crippen MR) is 37.7 cm³/mol. The molecule has 0 aromatic rings. The van der Waals surface area contributed by atoms with Gasteiger partial charge < -0.3 is 10.1 Å². The molecule has 1 atom stereocenters. The summed E-state index contributed by atoms with van der Waals surface area (Å²) in [6, 6.07) is 0. The van der Waals surface area contributed by atoms with Gasteiger partial charge in [-0.15, -0.1) is 0 Å². The number of rotatable bonds is 1. The van der Waals surface area contributed by atoms with Crippen LogP contribution in [0.5, 0.6) is 0 Å². The highest BCUT2D eigenvalue weighted by atomic mass is 16.5. The molecule has 0 bridgehead atoms. The summed E-state index contributed by atoms with van der Waals surface area (Å²) in [6.45, 7) is 4.88. The van der Waals surface area contributed by atoms with E-state index in [1.165, 1.54) is 0 Å². The Hall–Kier alpha value is -0.570. The largest absolute Gasteiger partial charge is 0.369 e. The average Bonchev–Trinajstić information content (AvgIpc) is 1.88. The lowest BCUT2D eigenvalue weighted by molar-refractivity contribution is -0.134. The molecule has 0 aliphatic carbocycles. The molecule has 1 N–H and O–H groups in total. The van der Waals surface area contributed by atoms with Gasteiger partial charge in [0.25, 0.3) is 0 Å². The van der Waals surface area contributed by atoms with Crippen molar-refractivity contribution in [3.63, 3.8) is 0 Å². The van der Waals surface area contributed by atoms with Crippen LogP contribution < -0.4 is 5.32 Å². The van der Waals surface area contributed by atoms with Crippen LogP contribution in [0.3, 0.4) is 0 Å². The minimum atomic E-state index is -0.130. The molecule has 0 spiro atoms. The van der Waals surface area contributed by atoms with Crippen LogP contribution in [-0.2, 0) is 9.53 Å². The molecule has 1 fully saturated rings. The van der Waals surface area contributed by atoms with E-state index in [-0.39, 0.29) is 18.1 Å². The smallest absolute Gasteiger partial charge is 0.246 e. The summed E-state index contributed by atoms with van der Waals surface area (Å²) in [7, 11) is 0. The van der Waals surface area contributed by atoms with Crippen molar-refractivity contribution in [2.75, 3.05) is 13.2 Å². The summed E-state index contributed by atoms with van der Waals surface area (Å²) in [6.07, 6.45) is 0.915. The summed E-state index contributed by atoms with van der Waals surface area (Å²) >= 11 is 0. The maximum Gasteiger partial charge on any atom is 0.246 e. The zero-order chi connectivity index (χ0) is 7.61. The molecule has 1 aliphatic heterocycles. The Morgan fingerprint density at radius 2 is 2.50 bits per heavy atom. The molecule has 1 rings (SSSR count). The minimum Gasteiger partial charge on any atom is -0.369 e. The topological polar surface area (TPSA) is 38.3 Å². The van der Waals surface area contributed by atoms with Crippen molar-refractivity contribution in [1.29, 1.82) is 0 Å². The number of morpholine rings is 1. The first-order valence-electron chi connectivity index (χ1n) is 3.55. The molecule has 3 nitrogen and oxygen atoms in total. The fraction of sp³-hybridized carbons (Fsp3) is 0.857. The lowest BCUT2D eigenvalue weighted by Crippen LogP contribution is -2.54. The molecule has 58 valence electrons. The van der Waals surface area contributed by atoms with E-state index >= 15 is 0 Å². The van der Waals surface area contributed by atoms with Crippen LogP contribution >= 0.6 is 0 Å². The van der Waals surface area contributed by atoms with Gasteiger partial charge in [-0.3, -0.25) is 4.79 Å². The molecule has 0 aromatic heterocycles. The minimum absolute atomic E-state index is 0.00407. The lowest BCUT2D eigenvalue weighted by atomic mass is 9.99. The molecule has 1 amide bonds. The predicted octanol–water partition coefficient (Wildman–Crippen LogP) is 0.301. The number of carbonyl (C=O) groups is 1. The third-order valence-electron chi connectivity index (χ3n) is 1.88. The standard InChI is InChI=1S/C7H13NO2/c1-3-7(2)5-10-4-6(9)8-7/h3-5H2,1-2H3,(H,8,9). The summed E-state index contributed by atoms with van der Waals surface area (Å²) in [5.41, 5.74) is -0.130. The second-order valence-corrected chi connectivity index (χ2v) is 2.96. The quantitative estimate of drug-likeness (QED) is 0.573. The van der Waals surface area contributed by atoms with Crippen LogP contribution in [0.15, 0.2) is 0 Å². The Kier molecular flexibility index (Phi) is 1.94. The van der Waals surface area contributed by atoms with E-state index in [4.69, 9.17) is 4.74 Å². The van der Waals surface area contributed by atoms with Crippen molar-refractivity contribution < 1.29 is 9.53 Å². The zero-order valence-electron chi connectivity index (χ0n) is 6.44. The zero-order valence-corrected chi connectivity index (χ0v) is 6.44. The van der Waals surface area contributed by atoms with E-state index in [1.54, 1.807) is 0 Å². The number of amides is 1. The molecule has 1 aliphatic rings. The van der Waals surface area contributed by atoms with Crippen molar-refractivity contribution in [3.05, 3.63) is 0 Å². The first-order valence-corrected chi connectivity index (χ1v) is 3.55. The van der Waals surface area contributed by atoms with Gasteiger partial charge in [0.2, 0.25) is 5.91 Å². The molecule has 10 heavy (non-hydrogen) atoms. The van der Waals surface area contributed by atoms with Crippen LogP contribution in [0.2, 0.25) is 0 Å². The molecule has 1 saturated heterocycles. The number of ether oxygens (including phenoxy) is 1. The van der Waals surface area contributed by atoms with Crippen molar-refractivity contribution >= 4 is 5.91 Å². The molecular weight excluding hydrogens is 130 g/mol. The number of nitrogens with one attached hydrogen (secondary N) is 1. The monoisotopic (exact) mass is 143 g/mol. The van der Waals surface area contributed by atoms with E-state index in [0.29, 0.717) is 6.61 Å². The second-order valence-electron chi connectivity index (χ2n) is 2.96. The third kappa shape index (κ3) is 1.48. The van der Waals surface area contributed by atoms with E-state index in [9.17, 15) is 4.79 Å². The van der Waals surface area contributed by atoms with Crippen LogP contribution in [0.25, 0.3) is 0 Å². The Morgan fingerprint density at radius 1 is 1.80 bits per heavy atom. The van der Waals surface area contributed by atoms with Crippen molar-refractivity contribution in [1.82, 2.24) is 5.32 Å². The first kappa shape index (κ1) is 7.54. The summed E-state index contributed by atoms with van der Waals surface area (Å²) in [4.78, 5) is 10.8. The fourth-order valence-electron chi connectivity index (χ4n) is 0.968. The highest BCUT2D eigenvalue weighted by molar-refractivity contribution is 5.78. The molecule has 0 radical (unpaired) electrons. The maximum atomic E-state index is 10.8. The molecule has 1 heterocycles. The van der Waals surface area contributed by atoms with E-state index in [1.807, 2.05) is 13.8 Å².